The molecule has 0 fully saturated rings. The number of rotatable bonds is 6. The van der Waals surface area contributed by atoms with Gasteiger partial charge in [-0.25, -0.2) is 0 Å². The van der Waals surface area contributed by atoms with E-state index in [1.807, 2.05) is 0 Å². The summed E-state index contributed by atoms with van der Waals surface area (Å²) in [6.45, 7) is 9.32. The highest BCUT2D eigenvalue weighted by atomic mass is 15.2. The van der Waals surface area contributed by atoms with Crippen molar-refractivity contribution in [2.24, 2.45) is 17.8 Å². The fraction of sp³-hybridized carbons (Fsp3) is 0.333. The first-order chi connectivity index (χ1) is 21.0. The number of benzene rings is 3. The van der Waals surface area contributed by atoms with E-state index in [1.165, 1.54) is 52.2 Å². The summed E-state index contributed by atoms with van der Waals surface area (Å²) >= 11 is 0. The quantitative estimate of drug-likeness (QED) is 0.271. The van der Waals surface area contributed by atoms with E-state index >= 15 is 0 Å². The second-order valence-corrected chi connectivity index (χ2v) is 14.2. The summed E-state index contributed by atoms with van der Waals surface area (Å²) < 4.78 is 0. The Morgan fingerprint density at radius 2 is 1.63 bits per heavy atom. The number of fused-ring (bicyclic) bond motifs is 7. The summed E-state index contributed by atoms with van der Waals surface area (Å²) in [5, 5.41) is 0. The molecule has 1 heteroatoms. The molecule has 0 spiro atoms. The largest absolute Gasteiger partial charge is 0.315 e. The number of hydrogen-bond donors (Lipinski definition) is 0. The molecule has 1 nitrogen and oxygen atoms in total. The van der Waals surface area contributed by atoms with Gasteiger partial charge < -0.3 is 4.90 Å². The minimum atomic E-state index is 0.201. The SMILES string of the molecule is C=C/C(=C\CC1Cc2ccccc2C1)N(C1=CCC2C(C1)c1ccccc1C2(C)C)c1ccc2c(c1)C1C=CC=CC1C2. The second-order valence-electron chi connectivity index (χ2n) is 14.2. The van der Waals surface area contributed by atoms with Crippen molar-refractivity contribution in [3.8, 4) is 0 Å². The lowest BCUT2D eigenvalue weighted by molar-refractivity contribution is 0.292. The van der Waals surface area contributed by atoms with Crippen LogP contribution in [0.5, 0.6) is 0 Å². The van der Waals surface area contributed by atoms with Crippen LogP contribution in [0.25, 0.3) is 0 Å². The Bertz CT molecular complexity index is 1690. The van der Waals surface area contributed by atoms with Crippen LogP contribution in [0.15, 0.2) is 127 Å². The van der Waals surface area contributed by atoms with Crippen LogP contribution >= 0.6 is 0 Å². The highest BCUT2D eigenvalue weighted by molar-refractivity contribution is 5.65. The predicted molar refractivity (Wildman–Crippen MR) is 180 cm³/mol. The van der Waals surface area contributed by atoms with Crippen LogP contribution in [0.3, 0.4) is 0 Å². The summed E-state index contributed by atoms with van der Waals surface area (Å²) in [5.74, 6) is 2.93. The normalized spacial score (nSPS) is 26.3. The van der Waals surface area contributed by atoms with E-state index in [2.05, 4.69) is 135 Å². The van der Waals surface area contributed by atoms with Gasteiger partial charge in [0.2, 0.25) is 0 Å². The number of allylic oxidation sites excluding steroid dienone is 8. The molecule has 0 heterocycles. The summed E-state index contributed by atoms with van der Waals surface area (Å²) in [4.78, 5) is 2.58. The Morgan fingerprint density at radius 1 is 0.860 bits per heavy atom. The zero-order chi connectivity index (χ0) is 29.1. The molecule has 0 radical (unpaired) electrons. The second kappa shape index (κ2) is 10.4. The Hall–Kier alpha value is -3.84. The first-order valence-corrected chi connectivity index (χ1v) is 16.5. The van der Waals surface area contributed by atoms with Crippen molar-refractivity contribution in [1.29, 1.82) is 0 Å². The Balaban J connectivity index is 1.17. The van der Waals surface area contributed by atoms with E-state index in [-0.39, 0.29) is 5.41 Å². The van der Waals surface area contributed by atoms with E-state index in [1.54, 1.807) is 11.1 Å². The molecule has 0 N–H and O–H groups in total. The third kappa shape index (κ3) is 4.43. The zero-order valence-corrected chi connectivity index (χ0v) is 25.7. The maximum atomic E-state index is 4.39. The molecule has 3 aromatic carbocycles. The monoisotopic (exact) mass is 561 g/mol. The molecule has 216 valence electrons. The van der Waals surface area contributed by atoms with Gasteiger partial charge in [0.25, 0.3) is 0 Å². The third-order valence-corrected chi connectivity index (χ3v) is 11.5. The van der Waals surface area contributed by atoms with Crippen molar-refractivity contribution < 1.29 is 0 Å². The van der Waals surface area contributed by atoms with Crippen LogP contribution in [0.4, 0.5) is 5.69 Å². The Kier molecular flexibility index (Phi) is 6.48. The molecule has 0 aromatic heterocycles. The molecule has 4 atom stereocenters. The fourth-order valence-electron chi connectivity index (χ4n) is 9.30. The summed E-state index contributed by atoms with van der Waals surface area (Å²) in [7, 11) is 0. The molecule has 0 bridgehead atoms. The van der Waals surface area contributed by atoms with Crippen LogP contribution < -0.4 is 4.90 Å². The lowest BCUT2D eigenvalue weighted by Crippen LogP contribution is -2.31. The van der Waals surface area contributed by atoms with Crippen molar-refractivity contribution in [3.05, 3.63) is 161 Å². The third-order valence-electron chi connectivity index (χ3n) is 11.5. The molecule has 0 saturated heterocycles. The molecule has 0 aliphatic heterocycles. The minimum absolute atomic E-state index is 0.201. The highest BCUT2D eigenvalue weighted by Crippen LogP contribution is 2.56. The molecule has 43 heavy (non-hydrogen) atoms. The van der Waals surface area contributed by atoms with Crippen LogP contribution in [0.1, 0.15) is 78.3 Å². The van der Waals surface area contributed by atoms with E-state index in [0.717, 1.165) is 25.7 Å². The van der Waals surface area contributed by atoms with Gasteiger partial charge in [-0.15, -0.1) is 0 Å². The van der Waals surface area contributed by atoms with E-state index in [9.17, 15) is 0 Å². The van der Waals surface area contributed by atoms with Crippen molar-refractivity contribution in [2.45, 2.75) is 69.6 Å². The molecule has 5 aliphatic carbocycles. The van der Waals surface area contributed by atoms with Crippen LogP contribution in [0, 0.1) is 17.8 Å². The molecule has 8 rings (SSSR count). The topological polar surface area (TPSA) is 3.24 Å². The number of anilines is 1. The van der Waals surface area contributed by atoms with Gasteiger partial charge in [0.05, 0.1) is 0 Å². The smallest absolute Gasteiger partial charge is 0.0461 e. The molecule has 5 aliphatic rings. The van der Waals surface area contributed by atoms with Crippen LogP contribution in [-0.2, 0) is 24.7 Å². The fourth-order valence-corrected chi connectivity index (χ4v) is 9.30. The molecule has 3 aromatic rings. The lowest BCUT2D eigenvalue weighted by Gasteiger charge is -2.38. The van der Waals surface area contributed by atoms with Gasteiger partial charge in [-0.1, -0.05) is 111 Å². The zero-order valence-electron chi connectivity index (χ0n) is 25.7. The summed E-state index contributed by atoms with van der Waals surface area (Å²) in [5.41, 5.74) is 13.3. The molecular formula is C42H43N. The van der Waals surface area contributed by atoms with Gasteiger partial charge >= 0.3 is 0 Å². The van der Waals surface area contributed by atoms with Gasteiger partial charge in [-0.2, -0.15) is 0 Å². The first-order valence-electron chi connectivity index (χ1n) is 16.5. The van der Waals surface area contributed by atoms with Crippen molar-refractivity contribution in [1.82, 2.24) is 0 Å². The Labute approximate surface area is 258 Å². The van der Waals surface area contributed by atoms with Gasteiger partial charge in [-0.3, -0.25) is 0 Å². The minimum Gasteiger partial charge on any atom is -0.315 e. The van der Waals surface area contributed by atoms with Gasteiger partial charge in [0, 0.05) is 23.0 Å². The maximum Gasteiger partial charge on any atom is 0.0461 e. The van der Waals surface area contributed by atoms with Crippen molar-refractivity contribution in [3.63, 3.8) is 0 Å². The molecule has 4 unspecified atom stereocenters. The summed E-state index contributed by atoms with van der Waals surface area (Å²) in [6, 6.07) is 25.6. The van der Waals surface area contributed by atoms with Gasteiger partial charge in [0.1, 0.15) is 0 Å². The van der Waals surface area contributed by atoms with Crippen molar-refractivity contribution in [2.75, 3.05) is 4.90 Å². The summed E-state index contributed by atoms with van der Waals surface area (Å²) in [6.07, 6.45) is 23.2. The average molecular weight is 562 g/mol. The average Bonchev–Trinajstić information content (AvgIpc) is 3.69. The van der Waals surface area contributed by atoms with Crippen molar-refractivity contribution >= 4 is 5.69 Å². The number of hydrogen-bond acceptors (Lipinski definition) is 1. The molecule has 0 amide bonds. The molecular weight excluding hydrogens is 518 g/mol. The van der Waals surface area contributed by atoms with E-state index in [4.69, 9.17) is 0 Å². The Morgan fingerprint density at radius 3 is 2.44 bits per heavy atom. The van der Waals surface area contributed by atoms with Crippen LogP contribution in [-0.4, -0.2) is 0 Å². The van der Waals surface area contributed by atoms with Gasteiger partial charge in [-0.05, 0) is 119 Å². The molecule has 0 saturated carbocycles. The van der Waals surface area contributed by atoms with E-state index in [0.29, 0.717) is 29.6 Å². The first kappa shape index (κ1) is 26.8. The highest BCUT2D eigenvalue weighted by Gasteiger charge is 2.47. The van der Waals surface area contributed by atoms with Crippen LogP contribution in [0.2, 0.25) is 0 Å². The maximum absolute atomic E-state index is 4.39. The van der Waals surface area contributed by atoms with E-state index < -0.39 is 0 Å². The van der Waals surface area contributed by atoms with Gasteiger partial charge in [0.15, 0.2) is 0 Å². The lowest BCUT2D eigenvalue weighted by atomic mass is 9.71. The predicted octanol–water partition coefficient (Wildman–Crippen LogP) is 10.1. The standard InChI is InChI=1S/C42H43N/c1-4-33(19-17-28-23-29-11-5-6-12-30(29)24-28)43(34-20-18-32-25-31-13-7-8-14-36(31)38(32)26-34)35-21-22-41-39(27-35)37-15-9-10-16-40(37)42(41,2)3/h4-16,18-21,26,28,31,36,39,41H,1,17,22-25,27H2,2-3H3/b33-19+. The number of nitrogens with zero attached hydrogens (tertiary/aromatic N) is 1.